The van der Waals surface area contributed by atoms with Crippen LogP contribution in [-0.4, -0.2) is 31.6 Å². The lowest BCUT2D eigenvalue weighted by Gasteiger charge is -2.33. The Morgan fingerprint density at radius 1 is 1.29 bits per heavy atom. The molecule has 1 atom stereocenters. The molecule has 3 nitrogen and oxygen atoms in total. The van der Waals surface area contributed by atoms with Crippen molar-refractivity contribution in [3.05, 3.63) is 0 Å². The standard InChI is InChI=1S/C11H25N3/c1-9-4-6-10(7-5-9)11(13-12)8-14(2)3/h9-11,13H,4-8,12H2,1-3H3. The predicted octanol–water partition coefficient (Wildman–Crippen LogP) is 1.21. The van der Waals surface area contributed by atoms with E-state index in [1.54, 1.807) is 0 Å². The molecule has 1 saturated carbocycles. The number of nitrogens with two attached hydrogens (primary N) is 1. The van der Waals surface area contributed by atoms with E-state index < -0.39 is 0 Å². The fourth-order valence-electron chi connectivity index (χ4n) is 2.42. The van der Waals surface area contributed by atoms with Gasteiger partial charge in [0.05, 0.1) is 0 Å². The summed E-state index contributed by atoms with van der Waals surface area (Å²) in [5.74, 6) is 7.31. The molecule has 0 bridgehead atoms. The third-order valence-corrected chi connectivity index (χ3v) is 3.41. The summed E-state index contributed by atoms with van der Waals surface area (Å²) in [6.07, 6.45) is 5.42. The van der Waals surface area contributed by atoms with Crippen molar-refractivity contribution in [2.45, 2.75) is 38.6 Å². The maximum atomic E-state index is 5.61. The van der Waals surface area contributed by atoms with Gasteiger partial charge in [0.1, 0.15) is 0 Å². The van der Waals surface area contributed by atoms with Crippen LogP contribution in [0.25, 0.3) is 0 Å². The van der Waals surface area contributed by atoms with E-state index in [9.17, 15) is 0 Å². The summed E-state index contributed by atoms with van der Waals surface area (Å²) in [4.78, 5) is 2.21. The van der Waals surface area contributed by atoms with Crippen LogP contribution in [0.5, 0.6) is 0 Å². The van der Waals surface area contributed by atoms with Crippen molar-refractivity contribution < 1.29 is 0 Å². The van der Waals surface area contributed by atoms with Gasteiger partial charge in [-0.15, -0.1) is 0 Å². The third-order valence-electron chi connectivity index (χ3n) is 3.41. The molecule has 0 heterocycles. The number of rotatable bonds is 4. The van der Waals surface area contributed by atoms with E-state index in [2.05, 4.69) is 31.3 Å². The Labute approximate surface area is 88.0 Å². The molecule has 3 heteroatoms. The smallest absolute Gasteiger partial charge is 0.0365 e. The lowest BCUT2D eigenvalue weighted by molar-refractivity contribution is 0.199. The van der Waals surface area contributed by atoms with E-state index in [1.165, 1.54) is 25.7 Å². The highest BCUT2D eigenvalue weighted by Gasteiger charge is 2.25. The van der Waals surface area contributed by atoms with Crippen molar-refractivity contribution in [3.63, 3.8) is 0 Å². The molecule has 1 unspecified atom stereocenters. The Kier molecular flexibility index (Phi) is 4.85. The largest absolute Gasteiger partial charge is 0.308 e. The molecule has 1 rings (SSSR count). The minimum atomic E-state index is 0.470. The van der Waals surface area contributed by atoms with Crippen LogP contribution in [0.15, 0.2) is 0 Å². The van der Waals surface area contributed by atoms with Crippen molar-refractivity contribution in [3.8, 4) is 0 Å². The van der Waals surface area contributed by atoms with Crippen molar-refractivity contribution >= 4 is 0 Å². The topological polar surface area (TPSA) is 41.3 Å². The normalized spacial score (nSPS) is 30.6. The Bertz CT molecular complexity index is 151. The van der Waals surface area contributed by atoms with Crippen molar-refractivity contribution in [2.24, 2.45) is 17.7 Å². The minimum Gasteiger partial charge on any atom is -0.308 e. The number of likely N-dealkylation sites (N-methyl/N-ethyl adjacent to an activating group) is 1. The van der Waals surface area contributed by atoms with E-state index in [1.807, 2.05) is 0 Å². The van der Waals surface area contributed by atoms with E-state index >= 15 is 0 Å². The highest BCUT2D eigenvalue weighted by Crippen LogP contribution is 2.30. The molecular formula is C11H25N3. The van der Waals surface area contributed by atoms with Gasteiger partial charge >= 0.3 is 0 Å². The SMILES string of the molecule is CC1CCC(C(CN(C)C)NN)CC1. The molecule has 0 aliphatic heterocycles. The monoisotopic (exact) mass is 199 g/mol. The average molecular weight is 199 g/mol. The summed E-state index contributed by atoms with van der Waals surface area (Å²) < 4.78 is 0. The molecule has 84 valence electrons. The van der Waals surface area contributed by atoms with Gasteiger partial charge in [-0.25, -0.2) is 0 Å². The van der Waals surface area contributed by atoms with Gasteiger partial charge in [0.25, 0.3) is 0 Å². The van der Waals surface area contributed by atoms with Gasteiger partial charge in [-0.3, -0.25) is 11.3 Å². The first-order valence-corrected chi connectivity index (χ1v) is 5.74. The van der Waals surface area contributed by atoms with Crippen LogP contribution >= 0.6 is 0 Å². The molecule has 0 aromatic heterocycles. The molecular weight excluding hydrogens is 174 g/mol. The maximum absolute atomic E-state index is 5.61. The van der Waals surface area contributed by atoms with Gasteiger partial charge in [0, 0.05) is 12.6 Å². The molecule has 0 spiro atoms. The van der Waals surface area contributed by atoms with Crippen LogP contribution in [0, 0.1) is 11.8 Å². The van der Waals surface area contributed by atoms with E-state index in [4.69, 9.17) is 5.84 Å². The molecule has 0 aromatic rings. The van der Waals surface area contributed by atoms with Crippen molar-refractivity contribution in [1.29, 1.82) is 0 Å². The van der Waals surface area contributed by atoms with Crippen LogP contribution < -0.4 is 11.3 Å². The summed E-state index contributed by atoms with van der Waals surface area (Å²) in [7, 11) is 4.21. The Balaban J connectivity index is 2.36. The second-order valence-corrected chi connectivity index (χ2v) is 5.06. The zero-order valence-electron chi connectivity index (χ0n) is 9.79. The van der Waals surface area contributed by atoms with Gasteiger partial charge < -0.3 is 4.90 Å². The lowest BCUT2D eigenvalue weighted by atomic mass is 9.79. The molecule has 1 aliphatic carbocycles. The van der Waals surface area contributed by atoms with Gasteiger partial charge in [-0.2, -0.15) is 0 Å². The second kappa shape index (κ2) is 5.69. The van der Waals surface area contributed by atoms with Crippen molar-refractivity contribution in [1.82, 2.24) is 10.3 Å². The molecule has 1 fully saturated rings. The fourth-order valence-corrected chi connectivity index (χ4v) is 2.42. The Morgan fingerprint density at radius 3 is 2.29 bits per heavy atom. The van der Waals surface area contributed by atoms with Gasteiger partial charge in [0.2, 0.25) is 0 Å². The zero-order valence-corrected chi connectivity index (χ0v) is 9.79. The molecule has 1 aliphatic rings. The molecule has 14 heavy (non-hydrogen) atoms. The lowest BCUT2D eigenvalue weighted by Crippen LogP contribution is -2.47. The number of nitrogens with zero attached hydrogens (tertiary/aromatic N) is 1. The van der Waals surface area contributed by atoms with Crippen LogP contribution in [0.4, 0.5) is 0 Å². The fraction of sp³-hybridized carbons (Fsp3) is 1.00. The van der Waals surface area contributed by atoms with Crippen LogP contribution in [0.2, 0.25) is 0 Å². The summed E-state index contributed by atoms with van der Waals surface area (Å²) in [5.41, 5.74) is 2.98. The van der Waals surface area contributed by atoms with Gasteiger partial charge in [-0.05, 0) is 38.8 Å². The zero-order chi connectivity index (χ0) is 10.6. The van der Waals surface area contributed by atoms with Gasteiger partial charge in [0.15, 0.2) is 0 Å². The van der Waals surface area contributed by atoms with E-state index in [0.717, 1.165) is 18.4 Å². The maximum Gasteiger partial charge on any atom is 0.0365 e. The number of nitrogens with one attached hydrogen (secondary N) is 1. The minimum absolute atomic E-state index is 0.470. The average Bonchev–Trinajstić information content (AvgIpc) is 2.15. The first-order valence-electron chi connectivity index (χ1n) is 5.74. The van der Waals surface area contributed by atoms with Gasteiger partial charge in [-0.1, -0.05) is 19.8 Å². The molecule has 0 amide bonds. The Hall–Kier alpha value is -0.120. The quantitative estimate of drug-likeness (QED) is 0.528. The molecule has 3 N–H and O–H groups in total. The summed E-state index contributed by atoms with van der Waals surface area (Å²) in [6, 6.07) is 0.470. The van der Waals surface area contributed by atoms with Crippen LogP contribution in [-0.2, 0) is 0 Å². The first-order chi connectivity index (χ1) is 6.63. The van der Waals surface area contributed by atoms with Crippen LogP contribution in [0.1, 0.15) is 32.6 Å². The summed E-state index contributed by atoms with van der Waals surface area (Å²) in [5, 5.41) is 0. The van der Waals surface area contributed by atoms with E-state index in [0.29, 0.717) is 6.04 Å². The van der Waals surface area contributed by atoms with E-state index in [-0.39, 0.29) is 0 Å². The summed E-state index contributed by atoms with van der Waals surface area (Å²) >= 11 is 0. The molecule has 0 saturated heterocycles. The first kappa shape index (κ1) is 12.0. The highest BCUT2D eigenvalue weighted by molar-refractivity contribution is 4.81. The third kappa shape index (κ3) is 3.56. The highest BCUT2D eigenvalue weighted by atomic mass is 15.3. The number of hydrogen-bond acceptors (Lipinski definition) is 3. The Morgan fingerprint density at radius 2 is 1.86 bits per heavy atom. The summed E-state index contributed by atoms with van der Waals surface area (Å²) in [6.45, 7) is 3.41. The van der Waals surface area contributed by atoms with Crippen molar-refractivity contribution in [2.75, 3.05) is 20.6 Å². The predicted molar refractivity (Wildman–Crippen MR) is 60.8 cm³/mol. The molecule has 0 radical (unpaired) electrons. The number of hydrogen-bond donors (Lipinski definition) is 2. The molecule has 0 aromatic carbocycles. The second-order valence-electron chi connectivity index (χ2n) is 5.06. The van der Waals surface area contributed by atoms with Crippen LogP contribution in [0.3, 0.4) is 0 Å². The number of hydrazine groups is 1.